The monoisotopic (exact) mass is 294 g/mol. The third kappa shape index (κ3) is 3.09. The third-order valence-electron chi connectivity index (χ3n) is 2.45. The molecular formula is C12H10N2O5S. The van der Waals surface area contributed by atoms with Crippen molar-refractivity contribution in [2.24, 2.45) is 0 Å². The number of thiazole rings is 1. The number of carboxylic acids is 1. The van der Waals surface area contributed by atoms with Gasteiger partial charge in [0.25, 0.3) is 5.69 Å². The number of aromatic carboxylic acids is 1. The van der Waals surface area contributed by atoms with Crippen LogP contribution in [0.2, 0.25) is 0 Å². The standard InChI is InChI=1S/C12H10N2O5S/c1-7-13-8(6-20-7)5-19-11-3-2-9(14(17)18)4-10(11)12(15)16/h2-4,6H,5H2,1H3,(H,15,16). The zero-order valence-electron chi connectivity index (χ0n) is 10.4. The zero-order valence-corrected chi connectivity index (χ0v) is 11.2. The Morgan fingerprint density at radius 1 is 1.55 bits per heavy atom. The number of hydrogen-bond acceptors (Lipinski definition) is 6. The van der Waals surface area contributed by atoms with E-state index in [2.05, 4.69) is 4.98 Å². The van der Waals surface area contributed by atoms with Gasteiger partial charge in [-0.2, -0.15) is 0 Å². The minimum Gasteiger partial charge on any atom is -0.486 e. The first kappa shape index (κ1) is 13.9. The van der Waals surface area contributed by atoms with E-state index < -0.39 is 10.9 Å². The molecule has 0 aliphatic heterocycles. The highest BCUT2D eigenvalue weighted by molar-refractivity contribution is 7.09. The van der Waals surface area contributed by atoms with E-state index in [4.69, 9.17) is 9.84 Å². The van der Waals surface area contributed by atoms with Gasteiger partial charge in [-0.3, -0.25) is 10.1 Å². The molecule has 1 aromatic carbocycles. The van der Waals surface area contributed by atoms with Gasteiger partial charge in [0.05, 0.1) is 15.6 Å². The Labute approximate surface area is 117 Å². The SMILES string of the molecule is Cc1nc(COc2ccc([N+](=O)[O-])cc2C(=O)O)cs1. The van der Waals surface area contributed by atoms with Gasteiger partial charge in [0, 0.05) is 17.5 Å². The van der Waals surface area contributed by atoms with E-state index in [-0.39, 0.29) is 23.6 Å². The molecule has 1 N–H and O–H groups in total. The van der Waals surface area contributed by atoms with Crippen molar-refractivity contribution in [1.82, 2.24) is 4.98 Å². The smallest absolute Gasteiger partial charge is 0.339 e. The average molecular weight is 294 g/mol. The van der Waals surface area contributed by atoms with Gasteiger partial charge in [0.15, 0.2) is 0 Å². The molecule has 0 radical (unpaired) electrons. The predicted molar refractivity (Wildman–Crippen MR) is 71.2 cm³/mol. The molecule has 0 aliphatic rings. The van der Waals surface area contributed by atoms with Crippen molar-refractivity contribution in [2.75, 3.05) is 0 Å². The minimum atomic E-state index is -1.28. The average Bonchev–Trinajstić information content (AvgIpc) is 2.81. The van der Waals surface area contributed by atoms with Gasteiger partial charge in [0.1, 0.15) is 17.9 Å². The minimum absolute atomic E-state index is 0.0775. The summed E-state index contributed by atoms with van der Waals surface area (Å²) in [6.45, 7) is 1.96. The first-order valence-electron chi connectivity index (χ1n) is 5.53. The summed E-state index contributed by atoms with van der Waals surface area (Å²) >= 11 is 1.46. The molecule has 0 saturated heterocycles. The van der Waals surface area contributed by atoms with Gasteiger partial charge in [-0.25, -0.2) is 9.78 Å². The fourth-order valence-electron chi connectivity index (χ4n) is 1.55. The van der Waals surface area contributed by atoms with Gasteiger partial charge in [-0.15, -0.1) is 11.3 Å². The summed E-state index contributed by atoms with van der Waals surface area (Å²) in [5.74, 6) is -1.20. The van der Waals surface area contributed by atoms with Gasteiger partial charge in [-0.1, -0.05) is 0 Å². The lowest BCUT2D eigenvalue weighted by molar-refractivity contribution is -0.384. The summed E-state index contributed by atoms with van der Waals surface area (Å²) in [4.78, 5) is 25.3. The first-order valence-corrected chi connectivity index (χ1v) is 6.41. The van der Waals surface area contributed by atoms with Crippen molar-refractivity contribution in [3.63, 3.8) is 0 Å². The summed E-state index contributed by atoms with van der Waals surface area (Å²) in [5.41, 5.74) is 0.146. The number of aryl methyl sites for hydroxylation is 1. The lowest BCUT2D eigenvalue weighted by atomic mass is 10.2. The molecule has 0 amide bonds. The number of aromatic nitrogens is 1. The molecule has 20 heavy (non-hydrogen) atoms. The van der Waals surface area contributed by atoms with Crippen LogP contribution < -0.4 is 4.74 Å². The maximum Gasteiger partial charge on any atom is 0.339 e. The van der Waals surface area contributed by atoms with Crippen LogP contribution in [-0.4, -0.2) is 21.0 Å². The molecule has 1 heterocycles. The van der Waals surface area contributed by atoms with E-state index in [9.17, 15) is 14.9 Å². The van der Waals surface area contributed by atoms with Gasteiger partial charge < -0.3 is 9.84 Å². The number of nitro benzene ring substituents is 1. The Morgan fingerprint density at radius 2 is 2.30 bits per heavy atom. The number of carbonyl (C=O) groups is 1. The van der Waals surface area contributed by atoms with E-state index in [1.807, 2.05) is 6.92 Å². The van der Waals surface area contributed by atoms with Crippen LogP contribution in [0.1, 0.15) is 21.1 Å². The summed E-state index contributed by atoms with van der Waals surface area (Å²) in [5, 5.41) is 22.4. The summed E-state index contributed by atoms with van der Waals surface area (Å²) in [7, 11) is 0. The number of benzene rings is 1. The van der Waals surface area contributed by atoms with Gasteiger partial charge >= 0.3 is 5.97 Å². The van der Waals surface area contributed by atoms with E-state index >= 15 is 0 Å². The second-order valence-electron chi connectivity index (χ2n) is 3.89. The fraction of sp³-hybridized carbons (Fsp3) is 0.167. The Hall–Kier alpha value is -2.48. The molecule has 7 nitrogen and oxygen atoms in total. The van der Waals surface area contributed by atoms with E-state index in [1.165, 1.54) is 23.5 Å². The fourth-order valence-corrected chi connectivity index (χ4v) is 2.15. The summed E-state index contributed by atoms with van der Waals surface area (Å²) in [6, 6.07) is 3.46. The van der Waals surface area contributed by atoms with Crippen molar-refractivity contribution >= 4 is 23.0 Å². The van der Waals surface area contributed by atoms with Crippen molar-refractivity contribution in [3.05, 3.63) is 50.0 Å². The second-order valence-corrected chi connectivity index (χ2v) is 4.95. The van der Waals surface area contributed by atoms with Crippen molar-refractivity contribution in [2.45, 2.75) is 13.5 Å². The lowest BCUT2D eigenvalue weighted by Gasteiger charge is -2.07. The van der Waals surface area contributed by atoms with Crippen LogP contribution in [0.5, 0.6) is 5.75 Å². The number of nitrogens with zero attached hydrogens (tertiary/aromatic N) is 2. The number of hydrogen-bond donors (Lipinski definition) is 1. The molecule has 0 unspecified atom stereocenters. The van der Waals surface area contributed by atoms with Crippen LogP contribution in [0.4, 0.5) is 5.69 Å². The number of non-ortho nitro benzene ring substituents is 1. The maximum atomic E-state index is 11.1. The van der Waals surface area contributed by atoms with Gasteiger partial charge in [-0.05, 0) is 13.0 Å². The van der Waals surface area contributed by atoms with Crippen LogP contribution in [0.15, 0.2) is 23.6 Å². The Kier molecular flexibility index (Phi) is 3.94. The molecule has 1 aromatic heterocycles. The van der Waals surface area contributed by atoms with E-state index in [0.29, 0.717) is 5.69 Å². The molecule has 0 bridgehead atoms. The number of nitro groups is 1. The summed E-state index contributed by atoms with van der Waals surface area (Å²) in [6.07, 6.45) is 0. The first-order chi connectivity index (χ1) is 9.47. The number of carboxylic acid groups (broad SMARTS) is 1. The topological polar surface area (TPSA) is 103 Å². The van der Waals surface area contributed by atoms with Crippen LogP contribution in [0.3, 0.4) is 0 Å². The molecular weight excluding hydrogens is 284 g/mol. The molecule has 8 heteroatoms. The lowest BCUT2D eigenvalue weighted by Crippen LogP contribution is -2.04. The largest absolute Gasteiger partial charge is 0.486 e. The molecule has 2 rings (SSSR count). The zero-order chi connectivity index (χ0) is 14.7. The molecule has 2 aromatic rings. The normalized spacial score (nSPS) is 10.2. The Balaban J connectivity index is 2.22. The van der Waals surface area contributed by atoms with E-state index in [0.717, 1.165) is 11.1 Å². The molecule has 104 valence electrons. The van der Waals surface area contributed by atoms with Crippen LogP contribution in [0.25, 0.3) is 0 Å². The number of ether oxygens (including phenoxy) is 1. The van der Waals surface area contributed by atoms with Crippen molar-refractivity contribution < 1.29 is 19.6 Å². The molecule has 0 aliphatic carbocycles. The highest BCUT2D eigenvalue weighted by atomic mass is 32.1. The molecule has 0 atom stereocenters. The van der Waals surface area contributed by atoms with Crippen molar-refractivity contribution in [1.29, 1.82) is 0 Å². The highest BCUT2D eigenvalue weighted by Gasteiger charge is 2.17. The van der Waals surface area contributed by atoms with Crippen LogP contribution in [0, 0.1) is 17.0 Å². The highest BCUT2D eigenvalue weighted by Crippen LogP contribution is 2.25. The Morgan fingerprint density at radius 3 is 2.85 bits per heavy atom. The quantitative estimate of drug-likeness (QED) is 0.671. The van der Waals surface area contributed by atoms with Gasteiger partial charge in [0.2, 0.25) is 0 Å². The molecule has 0 spiro atoms. The second kappa shape index (κ2) is 5.66. The van der Waals surface area contributed by atoms with Crippen LogP contribution in [-0.2, 0) is 6.61 Å². The van der Waals surface area contributed by atoms with Crippen LogP contribution >= 0.6 is 11.3 Å². The molecule has 0 fully saturated rings. The Bertz CT molecular complexity index is 668. The van der Waals surface area contributed by atoms with E-state index in [1.54, 1.807) is 5.38 Å². The number of rotatable bonds is 5. The predicted octanol–water partition coefficient (Wildman–Crippen LogP) is 2.64. The maximum absolute atomic E-state index is 11.1. The third-order valence-corrected chi connectivity index (χ3v) is 3.27. The van der Waals surface area contributed by atoms with Crippen molar-refractivity contribution in [3.8, 4) is 5.75 Å². The summed E-state index contributed by atoms with van der Waals surface area (Å²) < 4.78 is 5.37. The molecule has 0 saturated carbocycles.